The third kappa shape index (κ3) is 3.55. The van der Waals surface area contributed by atoms with E-state index in [4.69, 9.17) is 4.42 Å². The van der Waals surface area contributed by atoms with Gasteiger partial charge in [-0.3, -0.25) is 0 Å². The zero-order valence-electron chi connectivity index (χ0n) is 24.2. The van der Waals surface area contributed by atoms with Gasteiger partial charge in [-0.05, 0) is 80.6 Å². The zero-order chi connectivity index (χ0) is 28.8. The van der Waals surface area contributed by atoms with Crippen molar-refractivity contribution in [3.05, 3.63) is 156 Å². The SMILES string of the molecule is C1=CC(C2=CC3Sc4c(ccc5c4oc4cc(-c6cccc7ccccc67)ccc45)C3c3ccccc32)C2CCC=CC2=C1. The largest absolute Gasteiger partial charge is 0.455 e. The summed E-state index contributed by atoms with van der Waals surface area (Å²) in [5, 5.41) is 5.30. The van der Waals surface area contributed by atoms with Crippen LogP contribution in [-0.2, 0) is 0 Å². The van der Waals surface area contributed by atoms with Crippen LogP contribution in [0.15, 0.2) is 148 Å². The minimum Gasteiger partial charge on any atom is -0.455 e. The van der Waals surface area contributed by atoms with Crippen molar-refractivity contribution >= 4 is 50.0 Å². The number of hydrogen-bond donors (Lipinski definition) is 0. The second-order valence-electron chi connectivity index (χ2n) is 12.6. The molecule has 2 heteroatoms. The third-order valence-electron chi connectivity index (χ3n) is 10.4. The van der Waals surface area contributed by atoms with Crippen LogP contribution in [0.4, 0.5) is 0 Å². The molecule has 2 heterocycles. The lowest BCUT2D eigenvalue weighted by atomic mass is 9.68. The van der Waals surface area contributed by atoms with E-state index in [2.05, 4.69) is 134 Å². The molecular formula is C42H30OS. The summed E-state index contributed by atoms with van der Waals surface area (Å²) in [5.41, 5.74) is 11.7. The first-order chi connectivity index (χ1) is 21.8. The van der Waals surface area contributed by atoms with E-state index in [0.717, 1.165) is 11.2 Å². The van der Waals surface area contributed by atoms with Crippen molar-refractivity contribution in [2.24, 2.45) is 11.8 Å². The van der Waals surface area contributed by atoms with Gasteiger partial charge in [0, 0.05) is 27.9 Å². The minimum atomic E-state index is 0.340. The summed E-state index contributed by atoms with van der Waals surface area (Å²) >= 11 is 2.01. The number of fused-ring (bicyclic) bond motifs is 11. The highest BCUT2D eigenvalue weighted by Crippen LogP contribution is 2.58. The van der Waals surface area contributed by atoms with Crippen molar-refractivity contribution in [2.75, 3.05) is 0 Å². The van der Waals surface area contributed by atoms with E-state index in [-0.39, 0.29) is 0 Å². The molecule has 210 valence electrons. The molecule has 3 aliphatic carbocycles. The van der Waals surface area contributed by atoms with Gasteiger partial charge in [-0.1, -0.05) is 121 Å². The highest BCUT2D eigenvalue weighted by Gasteiger charge is 2.42. The van der Waals surface area contributed by atoms with Gasteiger partial charge >= 0.3 is 0 Å². The van der Waals surface area contributed by atoms with E-state index in [9.17, 15) is 0 Å². The van der Waals surface area contributed by atoms with Crippen LogP contribution in [0, 0.1) is 11.8 Å². The lowest BCUT2D eigenvalue weighted by Crippen LogP contribution is -2.25. The third-order valence-corrected chi connectivity index (χ3v) is 11.7. The Labute approximate surface area is 261 Å². The number of furan rings is 1. The number of rotatable bonds is 2. The molecule has 1 nitrogen and oxygen atoms in total. The second kappa shape index (κ2) is 9.48. The molecule has 0 amide bonds. The maximum Gasteiger partial charge on any atom is 0.149 e. The van der Waals surface area contributed by atoms with Gasteiger partial charge in [0.25, 0.3) is 0 Å². The Hall–Kier alpha value is -4.53. The fraction of sp³-hybridized carbons (Fsp3) is 0.143. The highest BCUT2D eigenvalue weighted by atomic mass is 32.2. The first kappa shape index (κ1) is 24.9. The van der Waals surface area contributed by atoms with Crippen LogP contribution in [0.1, 0.15) is 35.4 Å². The fourth-order valence-electron chi connectivity index (χ4n) is 8.38. The van der Waals surface area contributed by atoms with Gasteiger partial charge in [-0.15, -0.1) is 11.8 Å². The maximum absolute atomic E-state index is 6.81. The van der Waals surface area contributed by atoms with Crippen LogP contribution >= 0.6 is 11.8 Å². The molecule has 0 saturated heterocycles. The molecule has 10 rings (SSSR count). The second-order valence-corrected chi connectivity index (χ2v) is 13.8. The quantitative estimate of drug-likeness (QED) is 0.201. The first-order valence-corrected chi connectivity index (χ1v) is 16.7. The molecule has 0 radical (unpaired) electrons. The van der Waals surface area contributed by atoms with Crippen molar-refractivity contribution in [2.45, 2.75) is 28.9 Å². The first-order valence-electron chi connectivity index (χ1n) is 15.8. The summed E-state index contributed by atoms with van der Waals surface area (Å²) in [6, 6.07) is 35.8. The molecule has 6 aromatic rings. The molecule has 0 saturated carbocycles. The van der Waals surface area contributed by atoms with Crippen LogP contribution in [-0.4, -0.2) is 5.25 Å². The monoisotopic (exact) mass is 582 g/mol. The van der Waals surface area contributed by atoms with Crippen LogP contribution in [0.2, 0.25) is 0 Å². The summed E-state index contributed by atoms with van der Waals surface area (Å²) in [7, 11) is 0. The van der Waals surface area contributed by atoms with Gasteiger partial charge in [-0.2, -0.15) is 0 Å². The van der Waals surface area contributed by atoms with E-state index in [0.29, 0.717) is 23.0 Å². The Balaban J connectivity index is 1.10. The lowest BCUT2D eigenvalue weighted by Gasteiger charge is -2.36. The number of thioether (sulfide) groups is 1. The molecule has 44 heavy (non-hydrogen) atoms. The van der Waals surface area contributed by atoms with Gasteiger partial charge in [-0.25, -0.2) is 0 Å². The Morgan fingerprint density at radius 2 is 1.61 bits per heavy atom. The smallest absolute Gasteiger partial charge is 0.149 e. The Kier molecular flexibility index (Phi) is 5.36. The van der Waals surface area contributed by atoms with Crippen LogP contribution in [0.3, 0.4) is 0 Å². The van der Waals surface area contributed by atoms with Crippen molar-refractivity contribution in [3.63, 3.8) is 0 Å². The molecule has 0 spiro atoms. The van der Waals surface area contributed by atoms with Crippen molar-refractivity contribution < 1.29 is 4.42 Å². The number of hydrogen-bond acceptors (Lipinski definition) is 2. The predicted molar refractivity (Wildman–Crippen MR) is 185 cm³/mol. The number of allylic oxidation sites excluding steroid dienone is 7. The predicted octanol–water partition coefficient (Wildman–Crippen LogP) is 11.5. The van der Waals surface area contributed by atoms with Gasteiger partial charge in [0.15, 0.2) is 0 Å². The summed E-state index contributed by atoms with van der Waals surface area (Å²) in [5.74, 6) is 1.32. The van der Waals surface area contributed by atoms with Crippen molar-refractivity contribution in [3.8, 4) is 11.1 Å². The molecule has 4 aliphatic rings. The van der Waals surface area contributed by atoms with Crippen molar-refractivity contribution in [1.82, 2.24) is 0 Å². The maximum atomic E-state index is 6.81. The van der Waals surface area contributed by atoms with E-state index < -0.39 is 0 Å². The van der Waals surface area contributed by atoms with E-state index >= 15 is 0 Å². The Morgan fingerprint density at radius 3 is 2.61 bits per heavy atom. The van der Waals surface area contributed by atoms with Crippen LogP contribution < -0.4 is 0 Å². The van der Waals surface area contributed by atoms with E-state index in [1.807, 2.05) is 11.8 Å². The molecule has 1 aliphatic heterocycles. The van der Waals surface area contributed by atoms with E-state index in [1.54, 1.807) is 0 Å². The molecule has 0 bridgehead atoms. The zero-order valence-corrected chi connectivity index (χ0v) is 25.1. The molecule has 1 aromatic heterocycles. The molecule has 4 unspecified atom stereocenters. The molecule has 0 N–H and O–H groups in total. The molecule has 4 atom stereocenters. The molecule has 0 fully saturated rings. The summed E-state index contributed by atoms with van der Waals surface area (Å²) in [4.78, 5) is 1.31. The average molecular weight is 583 g/mol. The minimum absolute atomic E-state index is 0.340. The summed E-state index contributed by atoms with van der Waals surface area (Å²) in [6.07, 6.45) is 16.7. The van der Waals surface area contributed by atoms with Crippen molar-refractivity contribution in [1.29, 1.82) is 0 Å². The molecule has 5 aromatic carbocycles. The van der Waals surface area contributed by atoms with Crippen LogP contribution in [0.25, 0.3) is 49.4 Å². The highest BCUT2D eigenvalue weighted by molar-refractivity contribution is 8.00. The van der Waals surface area contributed by atoms with Crippen LogP contribution in [0.5, 0.6) is 0 Å². The standard InChI is InChI=1S/C42H30OS/c1-3-13-28-25(9-1)11-7-17-30(28)27-19-20-33-35-21-22-36-40-34-16-6-5-15-32(34)37(31-18-8-12-26-10-2-4-14-29(26)31)24-39(40)44-42(36)41(35)43-38(33)23-27/h1-3,5-13,15-24,29,31,39-40H,4,14H2. The lowest BCUT2D eigenvalue weighted by molar-refractivity contribution is 0.492. The Bertz CT molecular complexity index is 2290. The normalized spacial score (nSPS) is 23.3. The molecular weight excluding hydrogens is 553 g/mol. The average Bonchev–Trinajstić information content (AvgIpc) is 3.65. The summed E-state index contributed by atoms with van der Waals surface area (Å²) < 4.78 is 6.81. The van der Waals surface area contributed by atoms with Gasteiger partial charge in [0.05, 0.1) is 4.90 Å². The summed E-state index contributed by atoms with van der Waals surface area (Å²) in [6.45, 7) is 0. The topological polar surface area (TPSA) is 13.1 Å². The fourth-order valence-corrected chi connectivity index (χ4v) is 9.88. The van der Waals surface area contributed by atoms with Gasteiger partial charge in [0.1, 0.15) is 11.2 Å². The Morgan fingerprint density at radius 1 is 0.750 bits per heavy atom. The number of benzene rings is 5. The van der Waals surface area contributed by atoms with Gasteiger partial charge < -0.3 is 4.42 Å². The van der Waals surface area contributed by atoms with E-state index in [1.165, 1.54) is 78.2 Å². The van der Waals surface area contributed by atoms with Gasteiger partial charge in [0.2, 0.25) is 0 Å².